The highest BCUT2D eigenvalue weighted by Gasteiger charge is 2.47. The Balaban J connectivity index is 1.89. The lowest BCUT2D eigenvalue weighted by Crippen LogP contribution is -2.39. The average Bonchev–Trinajstić information content (AvgIpc) is 3.17. The fourth-order valence-corrected chi connectivity index (χ4v) is 2.91. The zero-order valence-corrected chi connectivity index (χ0v) is 11.6. The second kappa shape index (κ2) is 4.64. The Hall–Kier alpha value is -1.35. The predicted molar refractivity (Wildman–Crippen MR) is 77.2 cm³/mol. The third kappa shape index (κ3) is 2.27. The molecule has 0 radical (unpaired) electrons. The van der Waals surface area contributed by atoms with E-state index in [-0.39, 0.29) is 5.41 Å². The van der Waals surface area contributed by atoms with E-state index >= 15 is 0 Å². The van der Waals surface area contributed by atoms with Crippen LogP contribution < -0.4 is 10.6 Å². The lowest BCUT2D eigenvalue weighted by molar-refractivity contribution is -0.123. The highest BCUT2D eigenvalue weighted by atomic mass is 16.2. The molecule has 0 atom stereocenters. The number of anilines is 1. The summed E-state index contributed by atoms with van der Waals surface area (Å²) in [5, 5.41) is 0. The molecule has 1 saturated carbocycles. The summed E-state index contributed by atoms with van der Waals surface area (Å²) in [5.41, 5.74) is 9.26. The van der Waals surface area contributed by atoms with Gasteiger partial charge in [0.05, 0.1) is 0 Å². The van der Waals surface area contributed by atoms with Crippen molar-refractivity contribution in [2.24, 2.45) is 11.1 Å². The zero-order chi connectivity index (χ0) is 13.5. The van der Waals surface area contributed by atoms with Crippen molar-refractivity contribution in [1.82, 2.24) is 0 Å². The Labute approximate surface area is 114 Å². The minimum Gasteiger partial charge on any atom is -0.330 e. The van der Waals surface area contributed by atoms with Crippen LogP contribution in [0.5, 0.6) is 0 Å². The Bertz CT molecular complexity index is 505. The quantitative estimate of drug-likeness (QED) is 0.904. The number of benzene rings is 1. The third-order valence-corrected chi connectivity index (χ3v) is 4.46. The summed E-state index contributed by atoms with van der Waals surface area (Å²) in [6.45, 7) is 3.64. The van der Waals surface area contributed by atoms with Gasteiger partial charge in [-0.15, -0.1) is 0 Å². The number of nitrogens with zero attached hydrogens (tertiary/aromatic N) is 1. The Morgan fingerprint density at radius 1 is 1.42 bits per heavy atom. The van der Waals surface area contributed by atoms with Crippen LogP contribution >= 0.6 is 0 Å². The number of aryl methyl sites for hydroxylation is 1. The van der Waals surface area contributed by atoms with Crippen molar-refractivity contribution in [3.05, 3.63) is 29.3 Å². The minimum atomic E-state index is -0.0788. The second-order valence-electron chi connectivity index (χ2n) is 6.12. The number of amides is 1. The van der Waals surface area contributed by atoms with Gasteiger partial charge in [0.25, 0.3) is 0 Å². The largest absolute Gasteiger partial charge is 0.330 e. The van der Waals surface area contributed by atoms with E-state index in [2.05, 4.69) is 25.1 Å². The number of hydrogen-bond donors (Lipinski definition) is 1. The van der Waals surface area contributed by atoms with Crippen molar-refractivity contribution >= 4 is 11.6 Å². The van der Waals surface area contributed by atoms with Gasteiger partial charge in [-0.2, -0.15) is 0 Å². The molecule has 1 aliphatic heterocycles. The van der Waals surface area contributed by atoms with Gasteiger partial charge < -0.3 is 10.6 Å². The van der Waals surface area contributed by atoms with Gasteiger partial charge in [-0.1, -0.05) is 19.1 Å². The SMILES string of the molecule is CC1(C(=O)N2CCCc3cc(CCN)ccc32)CC1. The van der Waals surface area contributed by atoms with Crippen LogP contribution in [-0.2, 0) is 17.6 Å². The molecule has 0 spiro atoms. The molecule has 2 aliphatic rings. The number of carbonyl (C=O) groups excluding carboxylic acids is 1. The minimum absolute atomic E-state index is 0.0788. The summed E-state index contributed by atoms with van der Waals surface area (Å²) in [6.07, 6.45) is 5.15. The maximum Gasteiger partial charge on any atom is 0.232 e. The van der Waals surface area contributed by atoms with Gasteiger partial charge in [-0.3, -0.25) is 4.79 Å². The van der Waals surface area contributed by atoms with E-state index in [4.69, 9.17) is 5.73 Å². The molecule has 3 rings (SSSR count). The first-order valence-electron chi connectivity index (χ1n) is 7.28. The Morgan fingerprint density at radius 3 is 2.89 bits per heavy atom. The third-order valence-electron chi connectivity index (χ3n) is 4.46. The predicted octanol–water partition coefficient (Wildman–Crippen LogP) is 2.27. The Kier molecular flexibility index (Phi) is 3.09. The van der Waals surface area contributed by atoms with E-state index in [1.807, 2.05) is 4.90 Å². The van der Waals surface area contributed by atoms with Crippen LogP contribution in [-0.4, -0.2) is 19.0 Å². The van der Waals surface area contributed by atoms with Gasteiger partial charge in [-0.25, -0.2) is 0 Å². The Morgan fingerprint density at radius 2 is 2.21 bits per heavy atom. The van der Waals surface area contributed by atoms with Crippen LogP contribution in [0.25, 0.3) is 0 Å². The van der Waals surface area contributed by atoms with E-state index < -0.39 is 0 Å². The molecule has 1 aromatic rings. The second-order valence-corrected chi connectivity index (χ2v) is 6.12. The van der Waals surface area contributed by atoms with Crippen molar-refractivity contribution in [2.45, 2.75) is 39.0 Å². The maximum atomic E-state index is 12.6. The number of hydrogen-bond acceptors (Lipinski definition) is 2. The molecule has 1 heterocycles. The molecule has 2 N–H and O–H groups in total. The molecular formula is C16H22N2O. The average molecular weight is 258 g/mol. The molecule has 3 heteroatoms. The highest BCUT2D eigenvalue weighted by molar-refractivity contribution is 6.00. The number of carbonyl (C=O) groups is 1. The van der Waals surface area contributed by atoms with Crippen molar-refractivity contribution < 1.29 is 4.79 Å². The van der Waals surface area contributed by atoms with E-state index in [0.717, 1.165) is 44.3 Å². The topological polar surface area (TPSA) is 46.3 Å². The van der Waals surface area contributed by atoms with E-state index in [0.29, 0.717) is 12.5 Å². The van der Waals surface area contributed by atoms with Gasteiger partial charge >= 0.3 is 0 Å². The molecule has 102 valence electrons. The summed E-state index contributed by atoms with van der Waals surface area (Å²) in [6, 6.07) is 6.46. The van der Waals surface area contributed by atoms with Crippen LogP contribution in [0, 0.1) is 5.41 Å². The lowest BCUT2D eigenvalue weighted by Gasteiger charge is -2.32. The maximum absolute atomic E-state index is 12.6. The number of rotatable bonds is 3. The van der Waals surface area contributed by atoms with Crippen molar-refractivity contribution in [3.63, 3.8) is 0 Å². The summed E-state index contributed by atoms with van der Waals surface area (Å²) >= 11 is 0. The van der Waals surface area contributed by atoms with Crippen LogP contribution in [0.4, 0.5) is 5.69 Å². The lowest BCUT2D eigenvalue weighted by atomic mass is 9.96. The molecule has 0 bridgehead atoms. The van der Waals surface area contributed by atoms with E-state index in [1.54, 1.807) is 0 Å². The molecule has 1 amide bonds. The van der Waals surface area contributed by atoms with Gasteiger partial charge in [0, 0.05) is 17.6 Å². The summed E-state index contributed by atoms with van der Waals surface area (Å²) in [7, 11) is 0. The van der Waals surface area contributed by atoms with Crippen LogP contribution in [0.1, 0.15) is 37.3 Å². The molecule has 19 heavy (non-hydrogen) atoms. The smallest absolute Gasteiger partial charge is 0.232 e. The van der Waals surface area contributed by atoms with Gasteiger partial charge in [-0.05, 0) is 55.8 Å². The molecule has 3 nitrogen and oxygen atoms in total. The molecule has 1 aromatic carbocycles. The molecule has 0 unspecified atom stereocenters. The molecule has 1 fully saturated rings. The monoisotopic (exact) mass is 258 g/mol. The standard InChI is InChI=1S/C16H22N2O/c1-16(7-8-16)15(19)18-10-2-3-13-11-12(6-9-17)4-5-14(13)18/h4-5,11H,2-3,6-10,17H2,1H3. The van der Waals surface area contributed by atoms with Gasteiger partial charge in [0.15, 0.2) is 0 Å². The molecule has 1 aliphatic carbocycles. The van der Waals surface area contributed by atoms with Crippen molar-refractivity contribution in [1.29, 1.82) is 0 Å². The fourth-order valence-electron chi connectivity index (χ4n) is 2.91. The van der Waals surface area contributed by atoms with Gasteiger partial charge in [0.2, 0.25) is 5.91 Å². The van der Waals surface area contributed by atoms with Gasteiger partial charge in [0.1, 0.15) is 0 Å². The summed E-state index contributed by atoms with van der Waals surface area (Å²) in [5.74, 6) is 0.319. The van der Waals surface area contributed by atoms with E-state index in [9.17, 15) is 4.79 Å². The number of fused-ring (bicyclic) bond motifs is 1. The first-order chi connectivity index (χ1) is 9.14. The van der Waals surface area contributed by atoms with Crippen molar-refractivity contribution in [2.75, 3.05) is 18.0 Å². The van der Waals surface area contributed by atoms with Crippen LogP contribution in [0.2, 0.25) is 0 Å². The highest BCUT2D eigenvalue weighted by Crippen LogP contribution is 2.48. The number of nitrogens with two attached hydrogens (primary N) is 1. The van der Waals surface area contributed by atoms with Crippen LogP contribution in [0.3, 0.4) is 0 Å². The first-order valence-corrected chi connectivity index (χ1v) is 7.28. The van der Waals surface area contributed by atoms with E-state index in [1.165, 1.54) is 11.1 Å². The van der Waals surface area contributed by atoms with Crippen LogP contribution in [0.15, 0.2) is 18.2 Å². The summed E-state index contributed by atoms with van der Waals surface area (Å²) < 4.78 is 0. The molecular weight excluding hydrogens is 236 g/mol. The first kappa shape index (κ1) is 12.7. The molecule has 0 aromatic heterocycles. The molecule has 0 saturated heterocycles. The normalized spacial score (nSPS) is 20.0. The zero-order valence-electron chi connectivity index (χ0n) is 11.6. The van der Waals surface area contributed by atoms with Crippen molar-refractivity contribution in [3.8, 4) is 0 Å². The summed E-state index contributed by atoms with van der Waals surface area (Å²) in [4.78, 5) is 14.6. The fraction of sp³-hybridized carbons (Fsp3) is 0.562.